The Morgan fingerprint density at radius 1 is 1.38 bits per heavy atom. The van der Waals surface area contributed by atoms with E-state index < -0.39 is 0 Å². The topological polar surface area (TPSA) is 111 Å². The number of hydrogen-bond donors (Lipinski definition) is 2. The molecule has 0 aliphatic rings. The van der Waals surface area contributed by atoms with Gasteiger partial charge in [-0.2, -0.15) is 10.2 Å². The maximum atomic E-state index is 9.01. The minimum Gasteiger partial charge on any atom is -0.434 e. The zero-order valence-electron chi connectivity index (χ0n) is 12.2. The third-order valence-corrected chi connectivity index (χ3v) is 3.07. The Morgan fingerprint density at radius 3 is 2.67 bits per heavy atom. The highest BCUT2D eigenvalue weighted by molar-refractivity contribution is 6.00. The molecule has 21 heavy (non-hydrogen) atoms. The van der Waals surface area contributed by atoms with E-state index in [9.17, 15) is 0 Å². The normalized spacial score (nSPS) is 11.7. The lowest BCUT2D eigenvalue weighted by atomic mass is 10.0. The fourth-order valence-electron chi connectivity index (χ4n) is 2.10. The van der Waals surface area contributed by atoms with Crippen LogP contribution in [-0.2, 0) is 19.9 Å². The fourth-order valence-corrected chi connectivity index (χ4v) is 2.10. The highest BCUT2D eigenvalue weighted by atomic mass is 16.5. The SMILES string of the molecule is CCc1nnc(Oc2cnn(C)c2)c(/C(N)=N/O)c1CC. The third kappa shape index (κ3) is 2.93. The molecule has 0 amide bonds. The number of aryl methyl sites for hydroxylation is 2. The average Bonchev–Trinajstić information content (AvgIpc) is 2.90. The Bertz CT molecular complexity index is 665. The fraction of sp³-hybridized carbons (Fsp3) is 0.385. The van der Waals surface area contributed by atoms with E-state index in [1.807, 2.05) is 13.8 Å². The van der Waals surface area contributed by atoms with E-state index in [0.717, 1.165) is 11.3 Å². The van der Waals surface area contributed by atoms with Crippen LogP contribution in [0.15, 0.2) is 17.5 Å². The minimum absolute atomic E-state index is 0.0460. The highest BCUT2D eigenvalue weighted by Gasteiger charge is 2.20. The molecule has 2 aromatic rings. The Balaban J connectivity index is 2.54. The molecule has 0 saturated carbocycles. The van der Waals surface area contributed by atoms with Crippen LogP contribution in [0.1, 0.15) is 30.7 Å². The van der Waals surface area contributed by atoms with Crippen LogP contribution in [0, 0.1) is 0 Å². The largest absolute Gasteiger partial charge is 0.434 e. The van der Waals surface area contributed by atoms with Crippen LogP contribution in [0.25, 0.3) is 0 Å². The molecule has 112 valence electrons. The summed E-state index contributed by atoms with van der Waals surface area (Å²) in [7, 11) is 1.78. The third-order valence-electron chi connectivity index (χ3n) is 3.07. The van der Waals surface area contributed by atoms with Crippen molar-refractivity contribution >= 4 is 5.84 Å². The zero-order valence-corrected chi connectivity index (χ0v) is 12.2. The van der Waals surface area contributed by atoms with E-state index in [0.29, 0.717) is 24.2 Å². The van der Waals surface area contributed by atoms with Gasteiger partial charge < -0.3 is 15.7 Å². The number of nitrogens with two attached hydrogens (primary N) is 1. The van der Waals surface area contributed by atoms with Crippen molar-refractivity contribution in [3.63, 3.8) is 0 Å². The van der Waals surface area contributed by atoms with Gasteiger partial charge in [-0.3, -0.25) is 4.68 Å². The Hall–Kier alpha value is -2.64. The van der Waals surface area contributed by atoms with Gasteiger partial charge in [0.25, 0.3) is 0 Å². The predicted octanol–water partition coefficient (Wildman–Crippen LogP) is 1.22. The van der Waals surface area contributed by atoms with Crippen LogP contribution >= 0.6 is 0 Å². The maximum absolute atomic E-state index is 9.01. The van der Waals surface area contributed by atoms with Crippen molar-refractivity contribution in [2.75, 3.05) is 0 Å². The van der Waals surface area contributed by atoms with Crippen LogP contribution in [-0.4, -0.2) is 31.0 Å². The van der Waals surface area contributed by atoms with E-state index >= 15 is 0 Å². The van der Waals surface area contributed by atoms with Crippen LogP contribution in [0.5, 0.6) is 11.6 Å². The summed E-state index contributed by atoms with van der Waals surface area (Å²) in [5.74, 6) is 0.660. The standard InChI is InChI=1S/C13H18N6O2/c1-4-9-10(5-2)16-17-13(11(9)12(14)18-20)21-8-6-15-19(3)7-8/h6-7,20H,4-5H2,1-3H3,(H2,14,18). The molecule has 0 unspecified atom stereocenters. The molecular weight excluding hydrogens is 272 g/mol. The molecule has 0 fully saturated rings. The van der Waals surface area contributed by atoms with Crippen molar-refractivity contribution in [3.05, 3.63) is 29.2 Å². The summed E-state index contributed by atoms with van der Waals surface area (Å²) in [4.78, 5) is 0. The number of rotatable bonds is 5. The summed E-state index contributed by atoms with van der Waals surface area (Å²) in [5, 5.41) is 24.3. The Kier molecular flexibility index (Phi) is 4.36. The highest BCUT2D eigenvalue weighted by Crippen LogP contribution is 2.26. The first kappa shape index (κ1) is 14.8. The van der Waals surface area contributed by atoms with Gasteiger partial charge in [-0.05, 0) is 18.4 Å². The molecule has 0 radical (unpaired) electrons. The number of hydrogen-bond acceptors (Lipinski definition) is 6. The van der Waals surface area contributed by atoms with Crippen LogP contribution < -0.4 is 10.5 Å². The first-order chi connectivity index (χ1) is 10.1. The van der Waals surface area contributed by atoms with E-state index in [-0.39, 0.29) is 11.7 Å². The van der Waals surface area contributed by atoms with Gasteiger partial charge in [0, 0.05) is 7.05 Å². The van der Waals surface area contributed by atoms with Crippen molar-refractivity contribution < 1.29 is 9.94 Å². The van der Waals surface area contributed by atoms with Gasteiger partial charge in [0.2, 0.25) is 5.88 Å². The van der Waals surface area contributed by atoms with Gasteiger partial charge in [-0.1, -0.05) is 19.0 Å². The number of oxime groups is 1. The van der Waals surface area contributed by atoms with Gasteiger partial charge in [-0.15, -0.1) is 5.10 Å². The quantitative estimate of drug-likeness (QED) is 0.370. The average molecular weight is 290 g/mol. The minimum atomic E-state index is -0.0460. The zero-order chi connectivity index (χ0) is 15.4. The molecule has 0 aliphatic carbocycles. The smallest absolute Gasteiger partial charge is 0.250 e. The lowest BCUT2D eigenvalue weighted by Gasteiger charge is -2.13. The van der Waals surface area contributed by atoms with Crippen LogP contribution in [0.4, 0.5) is 0 Å². The summed E-state index contributed by atoms with van der Waals surface area (Å²) in [6.07, 6.45) is 4.62. The van der Waals surface area contributed by atoms with Gasteiger partial charge >= 0.3 is 0 Å². The second kappa shape index (κ2) is 6.21. The summed E-state index contributed by atoms with van der Waals surface area (Å²) in [6.45, 7) is 3.94. The van der Waals surface area contributed by atoms with Crippen LogP contribution in [0.3, 0.4) is 0 Å². The van der Waals surface area contributed by atoms with Crippen molar-refractivity contribution in [2.24, 2.45) is 17.9 Å². The molecule has 2 rings (SSSR count). The second-order valence-electron chi connectivity index (χ2n) is 4.45. The maximum Gasteiger partial charge on any atom is 0.250 e. The molecule has 2 aromatic heterocycles. The summed E-state index contributed by atoms with van der Waals surface area (Å²) < 4.78 is 7.27. The lowest BCUT2D eigenvalue weighted by Crippen LogP contribution is -2.19. The lowest BCUT2D eigenvalue weighted by molar-refractivity contribution is 0.318. The Labute approximate surface area is 122 Å². The number of nitrogens with zero attached hydrogens (tertiary/aromatic N) is 5. The molecule has 0 atom stereocenters. The van der Waals surface area contributed by atoms with E-state index in [4.69, 9.17) is 15.7 Å². The molecule has 8 heteroatoms. The summed E-state index contributed by atoms with van der Waals surface area (Å²) >= 11 is 0. The van der Waals surface area contributed by atoms with E-state index in [1.54, 1.807) is 24.1 Å². The Morgan fingerprint density at radius 2 is 2.14 bits per heavy atom. The molecule has 0 aliphatic heterocycles. The number of aromatic nitrogens is 4. The predicted molar refractivity (Wildman–Crippen MR) is 76.6 cm³/mol. The molecule has 0 bridgehead atoms. The van der Waals surface area contributed by atoms with Crippen molar-refractivity contribution in [1.29, 1.82) is 0 Å². The van der Waals surface area contributed by atoms with Gasteiger partial charge in [0.05, 0.1) is 23.7 Å². The number of ether oxygens (including phenoxy) is 1. The van der Waals surface area contributed by atoms with E-state index in [1.165, 1.54) is 0 Å². The summed E-state index contributed by atoms with van der Waals surface area (Å²) in [5.41, 5.74) is 7.92. The van der Waals surface area contributed by atoms with E-state index in [2.05, 4.69) is 20.5 Å². The van der Waals surface area contributed by atoms with Crippen LogP contribution in [0.2, 0.25) is 0 Å². The summed E-state index contributed by atoms with van der Waals surface area (Å²) in [6, 6.07) is 0. The number of amidine groups is 1. The second-order valence-corrected chi connectivity index (χ2v) is 4.45. The molecule has 0 spiro atoms. The molecule has 0 aromatic carbocycles. The monoisotopic (exact) mass is 290 g/mol. The first-order valence-corrected chi connectivity index (χ1v) is 6.63. The molecular formula is C13H18N6O2. The molecule has 8 nitrogen and oxygen atoms in total. The molecule has 3 N–H and O–H groups in total. The van der Waals surface area contributed by atoms with Gasteiger partial charge in [0.15, 0.2) is 11.6 Å². The molecule has 0 saturated heterocycles. The van der Waals surface area contributed by atoms with Gasteiger partial charge in [-0.25, -0.2) is 0 Å². The van der Waals surface area contributed by atoms with Crippen molar-refractivity contribution in [3.8, 4) is 11.6 Å². The van der Waals surface area contributed by atoms with Crippen molar-refractivity contribution in [2.45, 2.75) is 26.7 Å². The first-order valence-electron chi connectivity index (χ1n) is 6.63. The molecule has 2 heterocycles. The van der Waals surface area contributed by atoms with Crippen molar-refractivity contribution in [1.82, 2.24) is 20.0 Å². The van der Waals surface area contributed by atoms with Gasteiger partial charge in [0.1, 0.15) is 0 Å².